The average molecular weight is 302 g/mol. The maximum Gasteiger partial charge on any atom is 0.287 e. The molecule has 1 heterocycles. The highest BCUT2D eigenvalue weighted by Gasteiger charge is 2.21. The number of aliphatic hydroxyl groups is 1. The fourth-order valence-electron chi connectivity index (χ4n) is 1.96. The van der Waals surface area contributed by atoms with E-state index in [0.717, 1.165) is 5.56 Å². The van der Waals surface area contributed by atoms with Crippen molar-refractivity contribution in [3.05, 3.63) is 60.1 Å². The molecular formula is C16H18N2O4. The monoisotopic (exact) mass is 302 g/mol. The summed E-state index contributed by atoms with van der Waals surface area (Å²) in [6.07, 6.45) is 1.39. The minimum absolute atomic E-state index is 0.140. The summed E-state index contributed by atoms with van der Waals surface area (Å²) in [5.74, 6) is -0.711. The van der Waals surface area contributed by atoms with Crippen LogP contribution in [0.5, 0.6) is 0 Å². The first-order valence-corrected chi connectivity index (χ1v) is 6.92. The lowest BCUT2D eigenvalue weighted by atomic mass is 10.1. The molecule has 116 valence electrons. The van der Waals surface area contributed by atoms with Crippen LogP contribution in [0.15, 0.2) is 53.1 Å². The van der Waals surface area contributed by atoms with Gasteiger partial charge in [-0.2, -0.15) is 0 Å². The van der Waals surface area contributed by atoms with Crippen molar-refractivity contribution >= 4 is 11.8 Å². The van der Waals surface area contributed by atoms with E-state index in [4.69, 9.17) is 4.42 Å². The molecule has 0 bridgehead atoms. The van der Waals surface area contributed by atoms with Crippen LogP contribution in [0.25, 0.3) is 0 Å². The fourth-order valence-corrected chi connectivity index (χ4v) is 1.96. The quantitative estimate of drug-likeness (QED) is 0.749. The Kier molecular flexibility index (Phi) is 5.32. The lowest BCUT2D eigenvalue weighted by Gasteiger charge is -2.20. The van der Waals surface area contributed by atoms with Crippen LogP contribution in [-0.2, 0) is 4.79 Å². The second-order valence-electron chi connectivity index (χ2n) is 4.83. The predicted molar refractivity (Wildman–Crippen MR) is 80.0 cm³/mol. The molecular weight excluding hydrogens is 284 g/mol. The Labute approximate surface area is 128 Å². The molecule has 0 saturated heterocycles. The van der Waals surface area contributed by atoms with E-state index >= 15 is 0 Å². The van der Waals surface area contributed by atoms with Crippen molar-refractivity contribution in [1.82, 2.24) is 10.6 Å². The van der Waals surface area contributed by atoms with E-state index < -0.39 is 18.0 Å². The van der Waals surface area contributed by atoms with Crippen LogP contribution in [0.1, 0.15) is 29.1 Å². The summed E-state index contributed by atoms with van der Waals surface area (Å²) >= 11 is 0. The lowest BCUT2D eigenvalue weighted by molar-refractivity contribution is -0.123. The molecule has 2 rings (SSSR count). The number of carbonyl (C=O) groups excluding carboxylic acids is 2. The second kappa shape index (κ2) is 7.42. The molecule has 1 aromatic heterocycles. The van der Waals surface area contributed by atoms with Crippen LogP contribution in [0, 0.1) is 0 Å². The minimum atomic E-state index is -0.754. The number of hydrogen-bond donors (Lipinski definition) is 3. The third-order valence-electron chi connectivity index (χ3n) is 3.19. The number of rotatable bonds is 6. The Morgan fingerprint density at radius 3 is 2.45 bits per heavy atom. The molecule has 6 nitrogen and oxygen atoms in total. The van der Waals surface area contributed by atoms with Crippen LogP contribution in [-0.4, -0.2) is 29.6 Å². The highest BCUT2D eigenvalue weighted by molar-refractivity contribution is 5.95. The second-order valence-corrected chi connectivity index (χ2v) is 4.83. The third kappa shape index (κ3) is 3.95. The fraction of sp³-hybridized carbons (Fsp3) is 0.250. The van der Waals surface area contributed by atoms with Gasteiger partial charge in [0.25, 0.3) is 5.91 Å². The molecule has 3 N–H and O–H groups in total. The molecule has 22 heavy (non-hydrogen) atoms. The van der Waals surface area contributed by atoms with Crippen LogP contribution < -0.4 is 10.6 Å². The number of carbonyl (C=O) groups is 2. The molecule has 1 aromatic carbocycles. The van der Waals surface area contributed by atoms with Gasteiger partial charge in [-0.1, -0.05) is 30.3 Å². The van der Waals surface area contributed by atoms with E-state index in [-0.39, 0.29) is 18.3 Å². The van der Waals surface area contributed by atoms with Crippen LogP contribution in [0.2, 0.25) is 0 Å². The Morgan fingerprint density at radius 2 is 1.86 bits per heavy atom. The maximum absolute atomic E-state index is 12.1. The van der Waals surface area contributed by atoms with Crippen molar-refractivity contribution < 1.29 is 19.1 Å². The lowest BCUT2D eigenvalue weighted by Crippen LogP contribution is -2.46. The van der Waals surface area contributed by atoms with Crippen LogP contribution >= 0.6 is 0 Å². The first-order chi connectivity index (χ1) is 10.6. The van der Waals surface area contributed by atoms with Gasteiger partial charge in [0, 0.05) is 0 Å². The maximum atomic E-state index is 12.1. The van der Waals surface area contributed by atoms with Gasteiger partial charge in [-0.15, -0.1) is 0 Å². The molecule has 2 atom stereocenters. The summed E-state index contributed by atoms with van der Waals surface area (Å²) in [5.41, 5.74) is 0.794. The van der Waals surface area contributed by atoms with Crippen molar-refractivity contribution in [3.63, 3.8) is 0 Å². The first kappa shape index (κ1) is 15.8. The molecule has 0 radical (unpaired) electrons. The van der Waals surface area contributed by atoms with Crippen molar-refractivity contribution in [3.8, 4) is 0 Å². The van der Waals surface area contributed by atoms with E-state index in [1.54, 1.807) is 13.0 Å². The Bertz CT molecular complexity index is 610. The van der Waals surface area contributed by atoms with Gasteiger partial charge in [-0.25, -0.2) is 0 Å². The van der Waals surface area contributed by atoms with Gasteiger partial charge in [0.15, 0.2) is 5.76 Å². The number of aliphatic hydroxyl groups excluding tert-OH is 1. The van der Waals surface area contributed by atoms with E-state index in [1.807, 2.05) is 30.3 Å². The van der Waals surface area contributed by atoms with Crippen molar-refractivity contribution in [2.45, 2.75) is 19.0 Å². The van der Waals surface area contributed by atoms with E-state index in [0.29, 0.717) is 0 Å². The highest BCUT2D eigenvalue weighted by atomic mass is 16.3. The minimum Gasteiger partial charge on any atom is -0.459 e. The number of hydrogen-bond acceptors (Lipinski definition) is 4. The van der Waals surface area contributed by atoms with E-state index in [9.17, 15) is 14.7 Å². The summed E-state index contributed by atoms with van der Waals surface area (Å²) < 4.78 is 4.96. The zero-order valence-electron chi connectivity index (χ0n) is 12.2. The van der Waals surface area contributed by atoms with Crippen molar-refractivity contribution in [2.24, 2.45) is 0 Å². The summed E-state index contributed by atoms with van der Waals surface area (Å²) in [4.78, 5) is 23.9. The van der Waals surface area contributed by atoms with Crippen LogP contribution in [0.4, 0.5) is 0 Å². The molecule has 0 aliphatic rings. The smallest absolute Gasteiger partial charge is 0.287 e. The van der Waals surface area contributed by atoms with E-state index in [1.165, 1.54) is 12.3 Å². The molecule has 2 aromatic rings. The number of nitrogens with one attached hydrogen (secondary N) is 2. The zero-order valence-corrected chi connectivity index (χ0v) is 12.2. The normalized spacial score (nSPS) is 13.2. The third-order valence-corrected chi connectivity index (χ3v) is 3.19. The van der Waals surface area contributed by atoms with Gasteiger partial charge in [-0.05, 0) is 24.6 Å². The molecule has 0 aliphatic heterocycles. The number of furan rings is 1. The zero-order chi connectivity index (χ0) is 15.9. The molecule has 2 amide bonds. The summed E-state index contributed by atoms with van der Waals surface area (Å²) in [5, 5.41) is 14.7. The SMILES string of the molecule is CC(NC(=O)c1ccco1)C(=O)NC(CO)c1ccccc1. The Morgan fingerprint density at radius 1 is 1.14 bits per heavy atom. The Hall–Kier alpha value is -2.60. The van der Waals surface area contributed by atoms with Crippen LogP contribution in [0.3, 0.4) is 0 Å². The molecule has 0 aliphatic carbocycles. The Balaban J connectivity index is 1.94. The van der Waals surface area contributed by atoms with Gasteiger partial charge in [-0.3, -0.25) is 9.59 Å². The molecule has 0 saturated carbocycles. The van der Waals surface area contributed by atoms with Gasteiger partial charge in [0.2, 0.25) is 5.91 Å². The van der Waals surface area contributed by atoms with Crippen molar-refractivity contribution in [2.75, 3.05) is 6.61 Å². The first-order valence-electron chi connectivity index (χ1n) is 6.92. The number of benzene rings is 1. The van der Waals surface area contributed by atoms with Gasteiger partial charge >= 0.3 is 0 Å². The molecule has 2 unspecified atom stereocenters. The number of amides is 2. The van der Waals surface area contributed by atoms with Gasteiger partial charge in [0.05, 0.1) is 18.9 Å². The molecule has 0 spiro atoms. The summed E-state index contributed by atoms with van der Waals surface area (Å²) in [6, 6.07) is 11.0. The van der Waals surface area contributed by atoms with E-state index in [2.05, 4.69) is 10.6 Å². The largest absolute Gasteiger partial charge is 0.459 e. The van der Waals surface area contributed by atoms with Gasteiger partial charge in [0.1, 0.15) is 6.04 Å². The van der Waals surface area contributed by atoms with Gasteiger partial charge < -0.3 is 20.2 Å². The van der Waals surface area contributed by atoms with Crippen molar-refractivity contribution in [1.29, 1.82) is 0 Å². The molecule has 6 heteroatoms. The topological polar surface area (TPSA) is 91.6 Å². The standard InChI is InChI=1S/C16H18N2O4/c1-11(17-16(21)14-8-5-9-22-14)15(20)18-13(10-19)12-6-3-2-4-7-12/h2-9,11,13,19H,10H2,1H3,(H,17,21)(H,18,20). The predicted octanol–water partition coefficient (Wildman–Crippen LogP) is 1.25. The molecule has 0 fully saturated rings. The highest BCUT2D eigenvalue weighted by Crippen LogP contribution is 2.11. The summed E-state index contributed by atoms with van der Waals surface area (Å²) in [6.45, 7) is 1.34. The summed E-state index contributed by atoms with van der Waals surface area (Å²) in [7, 11) is 0. The average Bonchev–Trinajstić information content (AvgIpc) is 3.07.